The molecule has 0 fully saturated rings. The van der Waals surface area contributed by atoms with E-state index in [1.807, 2.05) is 44.1 Å². The molecule has 1 aromatic heterocycles. The largest absolute Gasteiger partial charge is 0.465 e. The normalized spacial score (nSPS) is 13.6. The molecule has 0 radical (unpaired) electrons. The fraction of sp³-hybridized carbons (Fsp3) is 0.400. The van der Waals surface area contributed by atoms with Crippen LogP contribution in [-0.4, -0.2) is 57.4 Å². The van der Waals surface area contributed by atoms with Crippen molar-refractivity contribution in [2.24, 2.45) is 9.98 Å². The van der Waals surface area contributed by atoms with E-state index in [4.69, 9.17) is 4.74 Å². The van der Waals surface area contributed by atoms with Crippen molar-refractivity contribution in [3.8, 4) is 0 Å². The Morgan fingerprint density at radius 3 is 2.73 bits per heavy atom. The van der Waals surface area contributed by atoms with Gasteiger partial charge in [0.15, 0.2) is 0 Å². The molecule has 118 valence electrons. The summed E-state index contributed by atoms with van der Waals surface area (Å²) in [4.78, 5) is 25.4. The number of thiophene rings is 1. The molecule has 0 aromatic carbocycles. The second kappa shape index (κ2) is 6.74. The highest BCUT2D eigenvalue weighted by Crippen LogP contribution is 2.21. The Kier molecular flexibility index (Phi) is 4.97. The summed E-state index contributed by atoms with van der Waals surface area (Å²) in [5.74, 6) is -0.388. The first kappa shape index (κ1) is 16.2. The van der Waals surface area contributed by atoms with Crippen LogP contribution in [-0.2, 0) is 4.74 Å². The van der Waals surface area contributed by atoms with Crippen molar-refractivity contribution in [3.63, 3.8) is 0 Å². The van der Waals surface area contributed by atoms with E-state index in [0.29, 0.717) is 10.6 Å². The Bertz CT molecular complexity index is 744. The number of methoxy groups -OCH3 is 1. The number of nitrogens with zero attached hydrogens (tertiary/aromatic N) is 4. The Hall–Kier alpha value is -2.15. The Morgan fingerprint density at radius 2 is 2.14 bits per heavy atom. The highest BCUT2D eigenvalue weighted by molar-refractivity contribution is 7.12. The minimum absolute atomic E-state index is 0.388. The lowest BCUT2D eigenvalue weighted by molar-refractivity contribution is 0.0607. The van der Waals surface area contributed by atoms with Gasteiger partial charge in [0.2, 0.25) is 0 Å². The van der Waals surface area contributed by atoms with Gasteiger partial charge < -0.3 is 14.5 Å². The molecule has 0 atom stereocenters. The molecule has 2 rings (SSSR count). The molecule has 1 aliphatic rings. The molecule has 22 heavy (non-hydrogen) atoms. The van der Waals surface area contributed by atoms with Crippen molar-refractivity contribution in [2.75, 3.05) is 35.3 Å². The van der Waals surface area contributed by atoms with Gasteiger partial charge in [0.1, 0.15) is 15.2 Å². The third-order valence-electron chi connectivity index (χ3n) is 3.09. The smallest absolute Gasteiger partial charge is 0.350 e. The lowest BCUT2D eigenvalue weighted by Crippen LogP contribution is -2.27. The predicted octanol–water partition coefficient (Wildman–Crippen LogP) is 0.963. The number of fused-ring (bicyclic) bond motifs is 1. The van der Waals surface area contributed by atoms with Gasteiger partial charge in [-0.05, 0) is 0 Å². The van der Waals surface area contributed by atoms with Gasteiger partial charge in [-0.1, -0.05) is 6.08 Å². The number of ether oxygens (including phenoxy) is 1. The number of rotatable bonds is 4. The quantitative estimate of drug-likeness (QED) is 0.471. The van der Waals surface area contributed by atoms with E-state index in [-0.39, 0.29) is 5.97 Å². The topological polar surface area (TPSA) is 57.5 Å². The van der Waals surface area contributed by atoms with Crippen LogP contribution in [0.2, 0.25) is 0 Å². The summed E-state index contributed by atoms with van der Waals surface area (Å²) in [6.45, 7) is 0. The summed E-state index contributed by atoms with van der Waals surface area (Å²) in [7, 11) is 9.10. The van der Waals surface area contributed by atoms with Gasteiger partial charge >= 0.3 is 5.97 Å². The van der Waals surface area contributed by atoms with Gasteiger partial charge in [-0.3, -0.25) is 0 Å². The van der Waals surface area contributed by atoms with Crippen molar-refractivity contribution in [3.05, 3.63) is 27.0 Å². The maximum atomic E-state index is 12.1. The van der Waals surface area contributed by atoms with E-state index in [0.717, 1.165) is 22.0 Å². The molecular formula is C15H20N4O2S. The zero-order chi connectivity index (χ0) is 16.3. The monoisotopic (exact) mass is 320 g/mol. The van der Waals surface area contributed by atoms with Crippen molar-refractivity contribution in [1.29, 1.82) is 0 Å². The number of hydrogen-bond acceptors (Lipinski definition) is 6. The molecule has 0 saturated carbocycles. The third-order valence-corrected chi connectivity index (χ3v) is 4.16. The van der Waals surface area contributed by atoms with Crippen LogP contribution in [0.1, 0.15) is 16.1 Å². The molecule has 6 nitrogen and oxygen atoms in total. The SMILES string of the molecule is COC(=O)c1sc2c(c1N=CN(C)C)=C(N(C)C)CC=CN=2. The fourth-order valence-corrected chi connectivity index (χ4v) is 3.12. The first-order valence-corrected chi connectivity index (χ1v) is 7.62. The molecule has 1 aliphatic heterocycles. The standard InChI is InChI=1S/C15H20N4O2S/c1-18(2)9-17-12-11-10(19(3)4)7-6-8-16-14(11)22-13(12)15(20)21-5/h6,8-9H,7H2,1-5H3. The maximum Gasteiger partial charge on any atom is 0.350 e. The highest BCUT2D eigenvalue weighted by Gasteiger charge is 2.20. The Morgan fingerprint density at radius 1 is 1.41 bits per heavy atom. The number of hydrogen-bond donors (Lipinski definition) is 0. The number of esters is 1. The van der Waals surface area contributed by atoms with E-state index in [9.17, 15) is 4.79 Å². The van der Waals surface area contributed by atoms with Crippen LogP contribution < -0.4 is 9.89 Å². The van der Waals surface area contributed by atoms with Crippen LogP contribution >= 0.6 is 11.3 Å². The summed E-state index contributed by atoms with van der Waals surface area (Å²) in [6.07, 6.45) is 6.19. The lowest BCUT2D eigenvalue weighted by atomic mass is 10.2. The second-order valence-corrected chi connectivity index (χ2v) is 6.22. The molecular weight excluding hydrogens is 300 g/mol. The summed E-state index contributed by atoms with van der Waals surface area (Å²) in [5.41, 5.74) is 1.70. The van der Waals surface area contributed by atoms with Crippen LogP contribution in [0.4, 0.5) is 5.69 Å². The van der Waals surface area contributed by atoms with E-state index in [1.54, 1.807) is 12.5 Å². The van der Waals surface area contributed by atoms with Crippen molar-refractivity contribution < 1.29 is 9.53 Å². The highest BCUT2D eigenvalue weighted by atomic mass is 32.1. The molecule has 2 heterocycles. The van der Waals surface area contributed by atoms with Crippen LogP contribution in [0.3, 0.4) is 0 Å². The molecule has 0 unspecified atom stereocenters. The predicted molar refractivity (Wildman–Crippen MR) is 89.1 cm³/mol. The molecule has 1 aromatic rings. The average Bonchev–Trinajstić information content (AvgIpc) is 2.68. The van der Waals surface area contributed by atoms with Gasteiger partial charge in [-0.25, -0.2) is 14.8 Å². The Labute approximate surface area is 133 Å². The number of aliphatic imine (C=N–C) groups is 1. The minimum Gasteiger partial charge on any atom is -0.465 e. The van der Waals surface area contributed by atoms with Crippen molar-refractivity contribution >= 4 is 35.0 Å². The summed E-state index contributed by atoms with van der Waals surface area (Å²) in [5, 5.41) is 0.901. The van der Waals surface area contributed by atoms with Crippen molar-refractivity contribution in [1.82, 2.24) is 9.80 Å². The summed E-state index contributed by atoms with van der Waals surface area (Å²) >= 11 is 1.31. The van der Waals surface area contributed by atoms with Crippen LogP contribution in [0.5, 0.6) is 0 Å². The van der Waals surface area contributed by atoms with E-state index in [2.05, 4.69) is 9.98 Å². The zero-order valence-corrected chi connectivity index (χ0v) is 14.3. The summed E-state index contributed by atoms with van der Waals surface area (Å²) < 4.78 is 5.67. The average molecular weight is 320 g/mol. The summed E-state index contributed by atoms with van der Waals surface area (Å²) in [6, 6.07) is 0. The van der Waals surface area contributed by atoms with E-state index < -0.39 is 0 Å². The third kappa shape index (κ3) is 3.19. The van der Waals surface area contributed by atoms with Crippen LogP contribution in [0.25, 0.3) is 5.70 Å². The molecule has 0 amide bonds. The number of carbonyl (C=O) groups excluding carboxylic acids is 1. The molecule has 0 bridgehead atoms. The molecule has 0 aliphatic carbocycles. The first-order valence-electron chi connectivity index (χ1n) is 6.80. The second-order valence-electron chi connectivity index (χ2n) is 5.22. The molecule has 0 N–H and O–H groups in total. The lowest BCUT2D eigenvalue weighted by Gasteiger charge is -2.15. The first-order chi connectivity index (χ1) is 10.5. The minimum atomic E-state index is -0.388. The van der Waals surface area contributed by atoms with Gasteiger partial charge in [-0.2, -0.15) is 0 Å². The van der Waals surface area contributed by atoms with Gasteiger partial charge in [0.05, 0.1) is 18.7 Å². The molecule has 0 saturated heterocycles. The van der Waals surface area contributed by atoms with Crippen LogP contribution in [0.15, 0.2) is 22.3 Å². The zero-order valence-electron chi connectivity index (χ0n) is 13.5. The Balaban J connectivity index is 2.84. The maximum absolute atomic E-state index is 12.1. The van der Waals surface area contributed by atoms with Gasteiger partial charge in [0, 0.05) is 46.5 Å². The van der Waals surface area contributed by atoms with E-state index in [1.165, 1.54) is 18.4 Å². The van der Waals surface area contributed by atoms with Crippen molar-refractivity contribution in [2.45, 2.75) is 6.42 Å². The number of carbonyl (C=O) groups is 1. The van der Waals surface area contributed by atoms with Gasteiger partial charge in [-0.15, -0.1) is 11.3 Å². The fourth-order valence-electron chi connectivity index (χ4n) is 2.08. The van der Waals surface area contributed by atoms with Gasteiger partial charge in [0.25, 0.3) is 0 Å². The molecule has 7 heteroatoms. The van der Waals surface area contributed by atoms with E-state index >= 15 is 0 Å². The van der Waals surface area contributed by atoms with Crippen LogP contribution in [0, 0.1) is 0 Å². The molecule has 0 spiro atoms.